The molecule has 0 aliphatic carbocycles. The highest BCUT2D eigenvalue weighted by molar-refractivity contribution is 6.27. The third-order valence-corrected chi connectivity index (χ3v) is 5.00. The maximum absolute atomic E-state index is 12.2. The minimum absolute atomic E-state index is 0.120. The number of carboxylic acids is 2. The molecule has 12 heteroatoms. The van der Waals surface area contributed by atoms with Crippen molar-refractivity contribution >= 4 is 29.4 Å². The van der Waals surface area contributed by atoms with Gasteiger partial charge in [0.2, 0.25) is 17.7 Å². The van der Waals surface area contributed by atoms with Crippen LogP contribution in [-0.4, -0.2) is 68.6 Å². The Bertz CT molecular complexity index is 1180. The molecule has 12 nitrogen and oxygen atoms in total. The second kappa shape index (κ2) is 11.5. The summed E-state index contributed by atoms with van der Waals surface area (Å²) in [5.74, 6) is -2.83. The second-order valence-electron chi connectivity index (χ2n) is 7.70. The lowest BCUT2D eigenvalue weighted by Gasteiger charge is -2.36. The van der Waals surface area contributed by atoms with Crippen molar-refractivity contribution in [1.82, 2.24) is 15.0 Å². The number of carboxylic acid groups (broad SMARTS) is 2. The van der Waals surface area contributed by atoms with E-state index in [1.807, 2.05) is 35.2 Å². The number of primary amides is 1. The van der Waals surface area contributed by atoms with Crippen LogP contribution in [0, 0.1) is 0 Å². The lowest BCUT2D eigenvalue weighted by Crippen LogP contribution is -2.48. The number of likely N-dealkylation sites (tertiary alicyclic amines) is 1. The molecule has 2 amide bonds. The fourth-order valence-electron chi connectivity index (χ4n) is 3.26. The van der Waals surface area contributed by atoms with Gasteiger partial charge in [0, 0.05) is 30.8 Å². The van der Waals surface area contributed by atoms with Crippen molar-refractivity contribution in [1.29, 1.82) is 0 Å². The highest BCUT2D eigenvalue weighted by atomic mass is 16.5. The van der Waals surface area contributed by atoms with Crippen molar-refractivity contribution in [2.24, 2.45) is 5.73 Å². The summed E-state index contributed by atoms with van der Waals surface area (Å²) in [7, 11) is 0. The number of nitrogens with one attached hydrogen (secondary N) is 1. The Morgan fingerprint density at radius 1 is 1.00 bits per heavy atom. The molecule has 2 aromatic carbocycles. The van der Waals surface area contributed by atoms with Crippen LogP contribution in [0.15, 0.2) is 59.1 Å². The smallest absolute Gasteiger partial charge is 0.414 e. The average molecular weight is 481 g/mol. The fourth-order valence-corrected chi connectivity index (χ4v) is 3.26. The molecule has 4 rings (SSSR count). The molecule has 0 radical (unpaired) electrons. The van der Waals surface area contributed by atoms with Crippen molar-refractivity contribution in [3.8, 4) is 0 Å². The van der Waals surface area contributed by atoms with E-state index in [9.17, 15) is 9.59 Å². The number of nitrogens with zero attached hydrogens (tertiary/aromatic N) is 3. The first kappa shape index (κ1) is 25.1. The molecule has 1 aliphatic heterocycles. The molecule has 0 atom stereocenters. The number of hydrogen-bond acceptors (Lipinski definition) is 8. The summed E-state index contributed by atoms with van der Waals surface area (Å²) in [6, 6.07) is 16.5. The number of rotatable bonds is 7. The van der Waals surface area contributed by atoms with Crippen LogP contribution in [0.2, 0.25) is 0 Å². The standard InChI is InChI=1S/C21H21N5O3.C2H2O4/c22-20(28)15-6-8-17(9-7-15)23-19(27)13-26-11-16(12-26)21-24-18(25-29-21)10-14-4-2-1-3-5-14;3-1(4)2(5)6/h1-9,16H,10-13H2,(H2,22,28)(H,23,27);(H,3,4)(H,5,6). The highest BCUT2D eigenvalue weighted by Gasteiger charge is 2.33. The van der Waals surface area contributed by atoms with Crippen molar-refractivity contribution in [2.75, 3.05) is 25.0 Å². The summed E-state index contributed by atoms with van der Waals surface area (Å²) in [6.45, 7) is 1.67. The minimum Gasteiger partial charge on any atom is -0.473 e. The van der Waals surface area contributed by atoms with Crippen LogP contribution in [0.4, 0.5) is 5.69 Å². The quantitative estimate of drug-likeness (QED) is 0.354. The first-order valence-corrected chi connectivity index (χ1v) is 10.5. The molecular formula is C23H23N5O7. The fraction of sp³-hybridized carbons (Fsp3) is 0.217. The summed E-state index contributed by atoms with van der Waals surface area (Å²) >= 11 is 0. The molecule has 1 saturated heterocycles. The average Bonchev–Trinajstić information content (AvgIpc) is 3.25. The zero-order valence-electron chi connectivity index (χ0n) is 18.5. The van der Waals surface area contributed by atoms with Gasteiger partial charge in [-0.2, -0.15) is 4.98 Å². The first-order valence-electron chi connectivity index (χ1n) is 10.5. The highest BCUT2D eigenvalue weighted by Crippen LogP contribution is 2.25. The molecule has 0 unspecified atom stereocenters. The Hall–Kier alpha value is -4.58. The maximum atomic E-state index is 12.2. The number of carbonyl (C=O) groups is 4. The molecule has 0 saturated carbocycles. The zero-order valence-corrected chi connectivity index (χ0v) is 18.5. The molecule has 3 aromatic rings. The van der Waals surface area contributed by atoms with E-state index in [1.165, 1.54) is 0 Å². The van der Waals surface area contributed by atoms with Gasteiger partial charge in [0.1, 0.15) is 0 Å². The predicted molar refractivity (Wildman–Crippen MR) is 122 cm³/mol. The largest absolute Gasteiger partial charge is 0.473 e. The monoisotopic (exact) mass is 481 g/mol. The Morgan fingerprint density at radius 2 is 1.63 bits per heavy atom. The van der Waals surface area contributed by atoms with Crippen molar-refractivity contribution in [2.45, 2.75) is 12.3 Å². The van der Waals surface area contributed by atoms with E-state index in [4.69, 9.17) is 30.1 Å². The molecule has 35 heavy (non-hydrogen) atoms. The third kappa shape index (κ3) is 7.47. The van der Waals surface area contributed by atoms with Crippen LogP contribution in [0.25, 0.3) is 0 Å². The molecule has 5 N–H and O–H groups in total. The van der Waals surface area contributed by atoms with E-state index in [2.05, 4.69) is 15.5 Å². The van der Waals surface area contributed by atoms with Crippen LogP contribution in [0.5, 0.6) is 0 Å². The first-order chi connectivity index (χ1) is 16.7. The van der Waals surface area contributed by atoms with Crippen LogP contribution in [0.3, 0.4) is 0 Å². The number of aromatic nitrogens is 2. The van der Waals surface area contributed by atoms with E-state index >= 15 is 0 Å². The second-order valence-corrected chi connectivity index (χ2v) is 7.70. The lowest BCUT2D eigenvalue weighted by atomic mass is 10.0. The molecule has 182 valence electrons. The van der Waals surface area contributed by atoms with Gasteiger partial charge in [-0.3, -0.25) is 14.5 Å². The Balaban J connectivity index is 0.000000509. The number of aliphatic carboxylic acids is 2. The number of nitrogens with two attached hydrogens (primary N) is 1. The van der Waals surface area contributed by atoms with Gasteiger partial charge >= 0.3 is 11.9 Å². The van der Waals surface area contributed by atoms with Crippen LogP contribution >= 0.6 is 0 Å². The Kier molecular flexibility index (Phi) is 8.24. The molecular weight excluding hydrogens is 458 g/mol. The predicted octanol–water partition coefficient (Wildman–Crippen LogP) is 0.953. The van der Waals surface area contributed by atoms with Gasteiger partial charge in [0.25, 0.3) is 0 Å². The number of benzene rings is 2. The molecule has 1 aliphatic rings. The van der Waals surface area contributed by atoms with E-state index in [-0.39, 0.29) is 18.4 Å². The molecule has 2 heterocycles. The number of hydrogen-bond donors (Lipinski definition) is 4. The van der Waals surface area contributed by atoms with Crippen LogP contribution < -0.4 is 11.1 Å². The zero-order chi connectivity index (χ0) is 25.4. The SMILES string of the molecule is NC(=O)c1ccc(NC(=O)CN2CC(c3nc(Cc4ccccc4)no3)C2)cc1.O=C(O)C(=O)O. The third-order valence-electron chi connectivity index (χ3n) is 5.00. The summed E-state index contributed by atoms with van der Waals surface area (Å²) in [5, 5.41) is 21.7. The minimum atomic E-state index is -1.82. The van der Waals surface area contributed by atoms with E-state index in [0.717, 1.165) is 5.56 Å². The topological polar surface area (TPSA) is 189 Å². The molecule has 1 aromatic heterocycles. The van der Waals surface area contributed by atoms with Gasteiger partial charge in [0.15, 0.2) is 5.82 Å². The number of carbonyl (C=O) groups excluding carboxylic acids is 2. The van der Waals surface area contributed by atoms with Crippen molar-refractivity contribution in [3.05, 3.63) is 77.4 Å². The molecule has 0 spiro atoms. The van der Waals surface area contributed by atoms with E-state index in [1.54, 1.807) is 24.3 Å². The maximum Gasteiger partial charge on any atom is 0.414 e. The number of amides is 2. The van der Waals surface area contributed by atoms with Gasteiger partial charge in [-0.25, -0.2) is 9.59 Å². The summed E-state index contributed by atoms with van der Waals surface area (Å²) in [4.78, 5) is 48.0. The van der Waals surface area contributed by atoms with Gasteiger partial charge in [-0.15, -0.1) is 0 Å². The Morgan fingerprint density at radius 3 is 2.20 bits per heavy atom. The van der Waals surface area contributed by atoms with Gasteiger partial charge in [-0.05, 0) is 29.8 Å². The van der Waals surface area contributed by atoms with Gasteiger partial charge in [-0.1, -0.05) is 35.5 Å². The number of anilines is 1. The van der Waals surface area contributed by atoms with Gasteiger partial charge < -0.3 is 25.8 Å². The van der Waals surface area contributed by atoms with Crippen molar-refractivity contribution in [3.63, 3.8) is 0 Å². The molecule has 0 bridgehead atoms. The summed E-state index contributed by atoms with van der Waals surface area (Å²) in [6.07, 6.45) is 0.637. The van der Waals surface area contributed by atoms with Crippen molar-refractivity contribution < 1.29 is 33.9 Å². The van der Waals surface area contributed by atoms with Crippen LogP contribution in [-0.2, 0) is 20.8 Å². The van der Waals surface area contributed by atoms with Crippen LogP contribution in [0.1, 0.15) is 33.6 Å². The normalized spacial score (nSPS) is 13.1. The lowest BCUT2D eigenvalue weighted by molar-refractivity contribution is -0.159. The molecule has 1 fully saturated rings. The summed E-state index contributed by atoms with van der Waals surface area (Å²) in [5.41, 5.74) is 7.37. The summed E-state index contributed by atoms with van der Waals surface area (Å²) < 4.78 is 5.39. The van der Waals surface area contributed by atoms with E-state index < -0.39 is 17.8 Å². The van der Waals surface area contributed by atoms with Gasteiger partial charge in [0.05, 0.1) is 12.5 Å². The Labute approximate surface area is 199 Å². The van der Waals surface area contributed by atoms with E-state index in [0.29, 0.717) is 42.5 Å².